The molecular weight excluding hydrogens is 460 g/mol. The van der Waals surface area contributed by atoms with Crippen LogP contribution in [-0.2, 0) is 4.79 Å². The van der Waals surface area contributed by atoms with E-state index < -0.39 is 23.1 Å². The molecule has 1 unspecified atom stereocenters. The lowest BCUT2D eigenvalue weighted by Gasteiger charge is -2.43. The van der Waals surface area contributed by atoms with E-state index in [1.165, 1.54) is 20.3 Å². The topological polar surface area (TPSA) is 97.7 Å². The summed E-state index contributed by atoms with van der Waals surface area (Å²) in [6, 6.07) is 1.59. The van der Waals surface area contributed by atoms with Crippen LogP contribution in [0.1, 0.15) is 43.5 Å². The molecule has 9 heteroatoms. The van der Waals surface area contributed by atoms with Crippen LogP contribution >= 0.6 is 11.6 Å². The number of piperidine rings is 3. The number of hydrogen-bond donors (Lipinski definition) is 1. The zero-order valence-corrected chi connectivity index (χ0v) is 20.6. The highest BCUT2D eigenvalue weighted by Crippen LogP contribution is 2.54. The summed E-state index contributed by atoms with van der Waals surface area (Å²) in [4.78, 5) is 34.2. The molecule has 2 bridgehead atoms. The molecule has 3 saturated heterocycles. The molecule has 5 aliphatic rings. The number of benzene rings is 1. The van der Waals surface area contributed by atoms with Gasteiger partial charge in [-0.1, -0.05) is 18.5 Å². The first-order chi connectivity index (χ1) is 16.2. The van der Waals surface area contributed by atoms with Gasteiger partial charge in [0.25, 0.3) is 0 Å². The Labute approximate surface area is 203 Å². The third kappa shape index (κ3) is 3.18. The molecule has 4 heterocycles. The van der Waals surface area contributed by atoms with E-state index in [4.69, 9.17) is 30.8 Å². The van der Waals surface area contributed by atoms with Gasteiger partial charge in [-0.2, -0.15) is 0 Å². The number of aliphatic hydroxyl groups is 1. The average molecular weight is 489 g/mol. The van der Waals surface area contributed by atoms with Crippen molar-refractivity contribution in [2.24, 2.45) is 16.8 Å². The number of ketones is 2. The molecule has 6 rings (SSSR count). The Morgan fingerprint density at radius 2 is 1.91 bits per heavy atom. The highest BCUT2D eigenvalue weighted by Gasteiger charge is 2.61. The Morgan fingerprint density at radius 3 is 2.50 bits per heavy atom. The van der Waals surface area contributed by atoms with Gasteiger partial charge >= 0.3 is 0 Å². The fourth-order valence-electron chi connectivity index (χ4n) is 5.92. The van der Waals surface area contributed by atoms with E-state index >= 15 is 0 Å². The van der Waals surface area contributed by atoms with Crippen molar-refractivity contribution in [1.82, 2.24) is 4.90 Å². The minimum atomic E-state index is -1.78. The molecule has 0 amide bonds. The number of carbonyl (C=O) groups excluding carboxylic acids is 2. The van der Waals surface area contributed by atoms with Crippen molar-refractivity contribution in [2.45, 2.75) is 44.8 Å². The van der Waals surface area contributed by atoms with Crippen LogP contribution in [0.2, 0.25) is 5.02 Å². The summed E-state index contributed by atoms with van der Waals surface area (Å²) in [5, 5.41) is 11.6. The predicted octanol–water partition coefficient (Wildman–Crippen LogP) is 3.65. The van der Waals surface area contributed by atoms with Gasteiger partial charge in [-0.05, 0) is 38.8 Å². The fraction of sp³-hybridized carbons (Fsp3) is 0.560. The van der Waals surface area contributed by atoms with Crippen LogP contribution in [0.3, 0.4) is 0 Å². The summed E-state index contributed by atoms with van der Waals surface area (Å²) in [5.74, 6) is -0.701. The number of aliphatic hydroxyl groups excluding tert-OH is 1. The summed E-state index contributed by atoms with van der Waals surface area (Å²) in [6.45, 7) is 6.45. The molecule has 0 radical (unpaired) electrons. The number of aliphatic imine (C=N–C) groups is 1. The van der Waals surface area contributed by atoms with E-state index in [9.17, 15) is 14.7 Å². The summed E-state index contributed by atoms with van der Waals surface area (Å²) in [7, 11) is 2.88. The van der Waals surface area contributed by atoms with Crippen LogP contribution in [0.25, 0.3) is 0 Å². The fourth-order valence-corrected chi connectivity index (χ4v) is 6.19. The number of carbonyl (C=O) groups is 2. The van der Waals surface area contributed by atoms with Crippen molar-refractivity contribution in [1.29, 1.82) is 0 Å². The maximum atomic E-state index is 13.8. The van der Waals surface area contributed by atoms with Crippen LogP contribution in [-0.4, -0.2) is 72.8 Å². The van der Waals surface area contributed by atoms with Gasteiger partial charge < -0.3 is 24.2 Å². The van der Waals surface area contributed by atoms with E-state index in [1.54, 1.807) is 13.8 Å². The van der Waals surface area contributed by atoms with E-state index in [-0.39, 0.29) is 51.7 Å². The van der Waals surface area contributed by atoms with Crippen molar-refractivity contribution in [3.63, 3.8) is 0 Å². The number of allylic oxidation sites excluding steroid dienone is 1. The molecule has 1 aliphatic carbocycles. The lowest BCUT2D eigenvalue weighted by Crippen LogP contribution is -2.53. The van der Waals surface area contributed by atoms with Gasteiger partial charge in [-0.3, -0.25) is 14.6 Å². The van der Waals surface area contributed by atoms with E-state index in [2.05, 4.69) is 4.90 Å². The normalized spacial score (nSPS) is 32.8. The highest BCUT2D eigenvalue weighted by atomic mass is 35.5. The van der Waals surface area contributed by atoms with Gasteiger partial charge in [0.15, 0.2) is 17.3 Å². The van der Waals surface area contributed by atoms with Gasteiger partial charge in [0.05, 0.1) is 25.8 Å². The average Bonchev–Trinajstić information content (AvgIpc) is 3.14. The maximum Gasteiger partial charge on any atom is 0.231 e. The Hall–Kier alpha value is -2.58. The van der Waals surface area contributed by atoms with Crippen LogP contribution in [0, 0.1) is 11.8 Å². The smallest absolute Gasteiger partial charge is 0.231 e. The summed E-state index contributed by atoms with van der Waals surface area (Å²) in [6.07, 6.45) is 2.19. The van der Waals surface area contributed by atoms with Crippen molar-refractivity contribution in [3.8, 4) is 17.2 Å². The molecule has 1 aromatic carbocycles. The molecule has 0 saturated carbocycles. The zero-order chi connectivity index (χ0) is 24.4. The van der Waals surface area contributed by atoms with Crippen LogP contribution in [0.15, 0.2) is 22.4 Å². The number of nitrogens with zero attached hydrogens (tertiary/aromatic N) is 2. The Balaban J connectivity index is 1.61. The maximum absolute atomic E-state index is 13.8. The van der Waals surface area contributed by atoms with Crippen LogP contribution in [0.5, 0.6) is 17.2 Å². The van der Waals surface area contributed by atoms with Crippen LogP contribution < -0.4 is 14.2 Å². The first kappa shape index (κ1) is 23.2. The largest absolute Gasteiger partial charge is 0.507 e. The summed E-state index contributed by atoms with van der Waals surface area (Å²) >= 11 is 6.49. The first-order valence-electron chi connectivity index (χ1n) is 11.6. The molecular formula is C25H29ClN2O6. The van der Waals surface area contributed by atoms with Crippen molar-refractivity contribution < 1.29 is 28.9 Å². The van der Waals surface area contributed by atoms with Gasteiger partial charge in [0.1, 0.15) is 22.1 Å². The third-order valence-corrected chi connectivity index (χ3v) is 8.17. The number of ether oxygens (including phenoxy) is 3. The molecule has 1 aromatic rings. The van der Waals surface area contributed by atoms with Gasteiger partial charge in [-0.25, -0.2) is 0 Å². The number of methoxy groups -OCH3 is 2. The standard InChI is InChI=1S/C25H29ClN2O6/c1-12-9-16(29)19(13(2)27-15-11-28-7-5-14(15)6-8-28)23(30)25(12)24(31)20-17(32-3)10-18(33-4)21(26)22(20)34-25/h10,12,14-15,30H,5-9,11H2,1-4H3/t12-,15?,25+/m1/s1. The van der Waals surface area contributed by atoms with Crippen LogP contribution in [0.4, 0.5) is 0 Å². The predicted molar refractivity (Wildman–Crippen MR) is 127 cm³/mol. The quantitative estimate of drug-likeness (QED) is 0.646. The second-order valence-corrected chi connectivity index (χ2v) is 10.0. The number of fused-ring (bicyclic) bond motifs is 4. The summed E-state index contributed by atoms with van der Waals surface area (Å²) in [5.41, 5.74) is -1.14. The SMILES string of the molecule is COc1cc(OC)c2c(c1Cl)O[C@]1(C2=O)C(O)=C(C(C)=NC2CN3CCC2CC3)C(=O)C[C@H]1C. The zero-order valence-electron chi connectivity index (χ0n) is 19.8. The number of Topliss-reactive ketones (excluding diaryl/α,β-unsaturated/α-hetero) is 2. The van der Waals surface area contributed by atoms with Crippen molar-refractivity contribution >= 4 is 28.9 Å². The minimum Gasteiger partial charge on any atom is -0.507 e. The monoisotopic (exact) mass is 488 g/mol. The second-order valence-electron chi connectivity index (χ2n) is 9.64. The molecule has 34 heavy (non-hydrogen) atoms. The van der Waals surface area contributed by atoms with Gasteiger partial charge in [-0.15, -0.1) is 0 Å². The summed E-state index contributed by atoms with van der Waals surface area (Å²) < 4.78 is 16.9. The molecule has 8 nitrogen and oxygen atoms in total. The third-order valence-electron chi connectivity index (χ3n) is 7.81. The van der Waals surface area contributed by atoms with Gasteiger partial charge in [0.2, 0.25) is 11.4 Å². The number of rotatable bonds is 4. The Bertz CT molecular complexity index is 1140. The minimum absolute atomic E-state index is 0.0310. The lowest BCUT2D eigenvalue weighted by molar-refractivity contribution is -0.118. The molecule has 1 spiro atoms. The lowest BCUT2D eigenvalue weighted by atomic mass is 9.72. The highest BCUT2D eigenvalue weighted by molar-refractivity contribution is 6.35. The van der Waals surface area contributed by atoms with Gasteiger partial charge in [0, 0.05) is 30.7 Å². The second kappa shape index (κ2) is 8.27. The Kier molecular flexibility index (Phi) is 5.64. The van der Waals surface area contributed by atoms with Crippen molar-refractivity contribution in [3.05, 3.63) is 28.0 Å². The van der Waals surface area contributed by atoms with E-state index in [0.717, 1.165) is 32.5 Å². The molecule has 3 atom stereocenters. The van der Waals surface area contributed by atoms with E-state index in [1.807, 2.05) is 0 Å². The molecule has 1 N–H and O–H groups in total. The first-order valence-corrected chi connectivity index (χ1v) is 12.0. The molecule has 4 aliphatic heterocycles. The van der Waals surface area contributed by atoms with E-state index in [0.29, 0.717) is 11.6 Å². The Morgan fingerprint density at radius 1 is 1.24 bits per heavy atom. The molecule has 182 valence electrons. The van der Waals surface area contributed by atoms with Crippen molar-refractivity contribution in [2.75, 3.05) is 33.9 Å². The molecule has 3 fully saturated rings. The molecule has 0 aromatic heterocycles. The number of halogens is 1. The number of hydrogen-bond acceptors (Lipinski definition) is 8.